The van der Waals surface area contributed by atoms with Crippen LogP contribution in [0.1, 0.15) is 46.0 Å². The molecule has 0 amide bonds. The smallest absolute Gasteiger partial charge is 0.335 e. The average molecular weight is 246 g/mol. The van der Waals surface area contributed by atoms with E-state index in [2.05, 4.69) is 13.8 Å². The number of unbranched alkanes of at least 4 members (excludes halogenated alkanes) is 2. The van der Waals surface area contributed by atoms with Crippen molar-refractivity contribution in [1.29, 1.82) is 0 Å². The summed E-state index contributed by atoms with van der Waals surface area (Å²) >= 11 is 0. The summed E-state index contributed by atoms with van der Waals surface area (Å²) in [5.74, 6) is -1.39. The van der Waals surface area contributed by atoms with E-state index in [1.165, 1.54) is 0 Å². The maximum atomic E-state index is 11.1. The lowest BCUT2D eigenvalue weighted by atomic mass is 10.1. The molecular formula is C12H22O5. The number of aliphatic hydroxyl groups is 1. The third-order valence-electron chi connectivity index (χ3n) is 2.31. The fourth-order valence-corrected chi connectivity index (χ4v) is 1.35. The largest absolute Gasteiger partial charge is 0.481 e. The van der Waals surface area contributed by atoms with Crippen LogP contribution in [0.4, 0.5) is 0 Å². The Bertz CT molecular complexity index is 237. The van der Waals surface area contributed by atoms with Crippen molar-refractivity contribution in [3.8, 4) is 0 Å². The molecule has 2 N–H and O–H groups in total. The van der Waals surface area contributed by atoms with Crippen molar-refractivity contribution in [3.63, 3.8) is 0 Å². The van der Waals surface area contributed by atoms with Gasteiger partial charge in [-0.15, -0.1) is 0 Å². The van der Waals surface area contributed by atoms with Crippen LogP contribution in [0, 0.1) is 5.92 Å². The van der Waals surface area contributed by atoms with Gasteiger partial charge in [0.25, 0.3) is 0 Å². The fourth-order valence-electron chi connectivity index (χ4n) is 1.35. The molecule has 0 saturated carbocycles. The number of ether oxygens (including phenoxy) is 1. The van der Waals surface area contributed by atoms with Crippen molar-refractivity contribution in [3.05, 3.63) is 0 Å². The van der Waals surface area contributed by atoms with Gasteiger partial charge in [0, 0.05) is 0 Å². The summed E-state index contributed by atoms with van der Waals surface area (Å²) in [6, 6.07) is 0. The van der Waals surface area contributed by atoms with Gasteiger partial charge in [-0.2, -0.15) is 0 Å². The monoisotopic (exact) mass is 246 g/mol. The Labute approximate surface area is 102 Å². The summed E-state index contributed by atoms with van der Waals surface area (Å²) in [5.41, 5.74) is 0. The van der Waals surface area contributed by atoms with E-state index in [9.17, 15) is 9.59 Å². The highest BCUT2D eigenvalue weighted by molar-refractivity contribution is 5.80. The molecule has 0 aliphatic carbocycles. The zero-order valence-electron chi connectivity index (χ0n) is 10.5. The van der Waals surface area contributed by atoms with Gasteiger partial charge in [-0.3, -0.25) is 4.79 Å². The minimum Gasteiger partial charge on any atom is -0.481 e. The van der Waals surface area contributed by atoms with Gasteiger partial charge in [-0.05, 0) is 12.3 Å². The topological polar surface area (TPSA) is 83.8 Å². The van der Waals surface area contributed by atoms with Gasteiger partial charge in [0.05, 0.1) is 13.0 Å². The first-order valence-electron chi connectivity index (χ1n) is 6.00. The van der Waals surface area contributed by atoms with Crippen molar-refractivity contribution < 1.29 is 24.5 Å². The number of aliphatic hydroxyl groups excluding tert-OH is 1. The van der Waals surface area contributed by atoms with Crippen LogP contribution in [0.5, 0.6) is 0 Å². The van der Waals surface area contributed by atoms with E-state index in [1.807, 2.05) is 0 Å². The second kappa shape index (κ2) is 8.98. The predicted molar refractivity (Wildman–Crippen MR) is 62.5 cm³/mol. The Hall–Kier alpha value is -1.10. The van der Waals surface area contributed by atoms with E-state index >= 15 is 0 Å². The molecular weight excluding hydrogens is 224 g/mol. The first kappa shape index (κ1) is 15.9. The molecule has 0 radical (unpaired) electrons. The molecule has 100 valence electrons. The second-order valence-corrected chi connectivity index (χ2v) is 4.52. The number of esters is 1. The highest BCUT2D eigenvalue weighted by atomic mass is 16.5. The summed E-state index contributed by atoms with van der Waals surface area (Å²) in [4.78, 5) is 21.3. The molecule has 5 nitrogen and oxygen atoms in total. The fraction of sp³-hybridized carbons (Fsp3) is 0.833. The van der Waals surface area contributed by atoms with Crippen LogP contribution < -0.4 is 0 Å². The van der Waals surface area contributed by atoms with Crippen LogP contribution in [0.3, 0.4) is 0 Å². The number of carbonyl (C=O) groups excluding carboxylic acids is 1. The lowest BCUT2D eigenvalue weighted by molar-refractivity contribution is -0.158. The van der Waals surface area contributed by atoms with E-state index in [4.69, 9.17) is 14.9 Å². The normalized spacial score (nSPS) is 12.5. The molecule has 0 aliphatic rings. The van der Waals surface area contributed by atoms with E-state index in [0.29, 0.717) is 5.92 Å². The van der Waals surface area contributed by atoms with Crippen molar-refractivity contribution in [2.24, 2.45) is 5.92 Å². The molecule has 0 aliphatic heterocycles. The van der Waals surface area contributed by atoms with Gasteiger partial charge in [-0.1, -0.05) is 33.1 Å². The summed E-state index contributed by atoms with van der Waals surface area (Å²) in [6.45, 7) is 4.55. The highest BCUT2D eigenvalue weighted by Crippen LogP contribution is 2.08. The van der Waals surface area contributed by atoms with Gasteiger partial charge >= 0.3 is 11.9 Å². The zero-order valence-corrected chi connectivity index (χ0v) is 10.5. The first-order valence-corrected chi connectivity index (χ1v) is 6.00. The average Bonchev–Trinajstić information content (AvgIpc) is 2.21. The number of carboxylic acid groups (broad SMARTS) is 1. The molecule has 0 heterocycles. The number of hydrogen-bond acceptors (Lipinski definition) is 4. The van der Waals surface area contributed by atoms with Crippen molar-refractivity contribution >= 4 is 11.9 Å². The van der Waals surface area contributed by atoms with Gasteiger partial charge in [0.2, 0.25) is 0 Å². The van der Waals surface area contributed by atoms with Crippen LogP contribution in [0.25, 0.3) is 0 Å². The number of hydrogen-bond donors (Lipinski definition) is 2. The third-order valence-corrected chi connectivity index (χ3v) is 2.31. The summed E-state index contributed by atoms with van der Waals surface area (Å²) in [5, 5.41) is 17.5. The maximum Gasteiger partial charge on any atom is 0.335 e. The molecule has 0 aromatic rings. The van der Waals surface area contributed by atoms with E-state index in [0.717, 1.165) is 25.7 Å². The number of rotatable bonds is 9. The molecule has 1 atom stereocenters. The van der Waals surface area contributed by atoms with Crippen LogP contribution in [-0.2, 0) is 14.3 Å². The Balaban J connectivity index is 3.48. The zero-order chi connectivity index (χ0) is 13.3. The highest BCUT2D eigenvalue weighted by Gasteiger charge is 2.19. The standard InChI is InChI=1S/C12H22O5/c1-9(2)6-4-3-5-7-17-12(16)10(13)8-11(14)15/h9-10,13H,3-8H2,1-2H3,(H,14,15). The van der Waals surface area contributed by atoms with Crippen LogP contribution >= 0.6 is 0 Å². The SMILES string of the molecule is CC(C)CCCCCOC(=O)C(O)CC(=O)O. The molecule has 0 spiro atoms. The first-order chi connectivity index (χ1) is 7.93. The molecule has 1 unspecified atom stereocenters. The quantitative estimate of drug-likeness (QED) is 0.476. The lowest BCUT2D eigenvalue weighted by Gasteiger charge is -2.09. The Morgan fingerprint density at radius 2 is 1.82 bits per heavy atom. The predicted octanol–water partition coefficient (Wildman–Crippen LogP) is 1.58. The van der Waals surface area contributed by atoms with E-state index in [-0.39, 0.29) is 6.61 Å². The summed E-state index contributed by atoms with van der Waals surface area (Å²) in [6.07, 6.45) is 1.80. The molecule has 0 rings (SSSR count). The number of carboxylic acids is 1. The van der Waals surface area contributed by atoms with E-state index < -0.39 is 24.5 Å². The van der Waals surface area contributed by atoms with Crippen molar-refractivity contribution in [2.75, 3.05) is 6.61 Å². The maximum absolute atomic E-state index is 11.1. The Kier molecular flexibility index (Phi) is 8.40. The van der Waals surface area contributed by atoms with Gasteiger partial charge in [-0.25, -0.2) is 4.79 Å². The molecule has 0 bridgehead atoms. The molecule has 0 aromatic heterocycles. The van der Waals surface area contributed by atoms with Crippen molar-refractivity contribution in [2.45, 2.75) is 52.1 Å². The van der Waals surface area contributed by atoms with Crippen LogP contribution in [0.15, 0.2) is 0 Å². The van der Waals surface area contributed by atoms with Gasteiger partial charge in [0.15, 0.2) is 6.10 Å². The van der Waals surface area contributed by atoms with E-state index in [1.54, 1.807) is 0 Å². The molecule has 0 saturated heterocycles. The Morgan fingerprint density at radius 3 is 2.35 bits per heavy atom. The molecule has 0 aromatic carbocycles. The number of aliphatic carboxylic acids is 1. The Morgan fingerprint density at radius 1 is 1.18 bits per heavy atom. The molecule has 5 heteroatoms. The summed E-state index contributed by atoms with van der Waals surface area (Å²) in [7, 11) is 0. The molecule has 17 heavy (non-hydrogen) atoms. The third kappa shape index (κ3) is 9.81. The van der Waals surface area contributed by atoms with Crippen LogP contribution in [0.2, 0.25) is 0 Å². The molecule has 0 fully saturated rings. The second-order valence-electron chi connectivity index (χ2n) is 4.52. The van der Waals surface area contributed by atoms with Gasteiger partial charge in [0.1, 0.15) is 0 Å². The number of carbonyl (C=O) groups is 2. The summed E-state index contributed by atoms with van der Waals surface area (Å²) < 4.78 is 4.76. The van der Waals surface area contributed by atoms with Crippen molar-refractivity contribution in [1.82, 2.24) is 0 Å². The van der Waals surface area contributed by atoms with Gasteiger partial charge < -0.3 is 14.9 Å². The minimum atomic E-state index is -1.55. The van der Waals surface area contributed by atoms with Crippen LogP contribution in [-0.4, -0.2) is 34.9 Å². The minimum absolute atomic E-state index is 0.244. The lowest BCUT2D eigenvalue weighted by Crippen LogP contribution is -2.26.